The van der Waals surface area contributed by atoms with E-state index < -0.39 is 0 Å². The summed E-state index contributed by atoms with van der Waals surface area (Å²) in [5.74, 6) is 1.23. The maximum atomic E-state index is 10.8. The maximum Gasteiger partial charge on any atom is 0.340 e. The fraction of sp³-hybridized carbons (Fsp3) is 0.333. The molecular formula is C9H12N6O. The predicted molar refractivity (Wildman–Crippen MR) is 58.0 cm³/mol. The van der Waals surface area contributed by atoms with E-state index in [2.05, 4.69) is 30.5 Å². The molecule has 2 heterocycles. The molecule has 0 aliphatic carbocycles. The quantitative estimate of drug-likeness (QED) is 0.682. The lowest BCUT2D eigenvalue weighted by Gasteiger charge is -2.06. The van der Waals surface area contributed by atoms with Gasteiger partial charge < -0.3 is 5.32 Å². The molecule has 0 aliphatic heterocycles. The average Bonchev–Trinajstić information content (AvgIpc) is 2.66. The van der Waals surface area contributed by atoms with E-state index in [9.17, 15) is 4.79 Å². The number of hydrogen-bond donors (Lipinski definition) is 3. The van der Waals surface area contributed by atoms with Crippen molar-refractivity contribution in [2.75, 3.05) is 5.32 Å². The lowest BCUT2D eigenvalue weighted by molar-refractivity contribution is 0.933. The molecule has 0 atom stereocenters. The van der Waals surface area contributed by atoms with Gasteiger partial charge in [0.15, 0.2) is 0 Å². The molecule has 2 rings (SSSR count). The molecule has 0 saturated carbocycles. The van der Waals surface area contributed by atoms with Crippen LogP contribution < -0.4 is 11.0 Å². The van der Waals surface area contributed by atoms with Crippen LogP contribution >= 0.6 is 0 Å². The van der Waals surface area contributed by atoms with Crippen molar-refractivity contribution in [3.8, 4) is 0 Å². The second-order valence-electron chi connectivity index (χ2n) is 3.42. The Morgan fingerprint density at radius 1 is 1.44 bits per heavy atom. The van der Waals surface area contributed by atoms with E-state index in [0.29, 0.717) is 18.2 Å². The molecule has 0 aliphatic rings. The van der Waals surface area contributed by atoms with Crippen LogP contribution in [0, 0.1) is 13.8 Å². The maximum absolute atomic E-state index is 10.8. The predicted octanol–water partition coefficient (Wildman–Crippen LogP) is 0.117. The molecule has 0 amide bonds. The van der Waals surface area contributed by atoms with Crippen molar-refractivity contribution in [1.82, 2.24) is 25.1 Å². The smallest absolute Gasteiger partial charge is 0.340 e. The minimum absolute atomic E-state index is 0.316. The van der Waals surface area contributed by atoms with Crippen LogP contribution in [0.1, 0.15) is 17.2 Å². The molecule has 0 bridgehead atoms. The summed E-state index contributed by atoms with van der Waals surface area (Å²) in [6.07, 6.45) is 1.71. The van der Waals surface area contributed by atoms with Crippen molar-refractivity contribution in [1.29, 1.82) is 0 Å². The van der Waals surface area contributed by atoms with Gasteiger partial charge in [0.1, 0.15) is 11.6 Å². The Kier molecular flexibility index (Phi) is 2.67. The molecule has 3 N–H and O–H groups in total. The Labute approximate surface area is 91.4 Å². The fourth-order valence-electron chi connectivity index (χ4n) is 1.26. The van der Waals surface area contributed by atoms with Crippen LogP contribution in [0.4, 0.5) is 5.82 Å². The first-order valence-electron chi connectivity index (χ1n) is 4.83. The zero-order valence-corrected chi connectivity index (χ0v) is 9.03. The summed E-state index contributed by atoms with van der Waals surface area (Å²) in [5, 5.41) is 9.13. The standard InChI is InChI=1S/C9H12N6O/c1-5-3-10-6(2)8(12-5)11-4-7-13-9(16)15-14-7/h3H,4H2,1-2H3,(H,11,12)(H2,13,14,15,16). The number of nitrogens with one attached hydrogen (secondary N) is 3. The molecule has 0 aromatic carbocycles. The van der Waals surface area contributed by atoms with Gasteiger partial charge in [-0.1, -0.05) is 0 Å². The second-order valence-corrected chi connectivity index (χ2v) is 3.42. The molecule has 7 heteroatoms. The van der Waals surface area contributed by atoms with Gasteiger partial charge in [0.2, 0.25) is 0 Å². The zero-order chi connectivity index (χ0) is 11.5. The number of hydrogen-bond acceptors (Lipinski definition) is 5. The number of H-pyrrole nitrogens is 2. The van der Waals surface area contributed by atoms with Crippen LogP contribution in [0.5, 0.6) is 0 Å². The van der Waals surface area contributed by atoms with E-state index >= 15 is 0 Å². The van der Waals surface area contributed by atoms with Crippen LogP contribution in [0.2, 0.25) is 0 Å². The van der Waals surface area contributed by atoms with E-state index in [1.54, 1.807) is 6.20 Å². The monoisotopic (exact) mass is 220 g/mol. The lowest BCUT2D eigenvalue weighted by atomic mass is 10.4. The molecule has 0 saturated heterocycles. The third-order valence-corrected chi connectivity index (χ3v) is 2.05. The molecule has 0 unspecified atom stereocenters. The minimum Gasteiger partial charge on any atom is -0.361 e. The van der Waals surface area contributed by atoms with Crippen LogP contribution in [-0.4, -0.2) is 25.1 Å². The Morgan fingerprint density at radius 2 is 2.25 bits per heavy atom. The molecular weight excluding hydrogens is 208 g/mol. The Balaban J connectivity index is 2.10. The minimum atomic E-state index is -0.316. The third-order valence-electron chi connectivity index (χ3n) is 2.05. The summed E-state index contributed by atoms with van der Waals surface area (Å²) in [7, 11) is 0. The highest BCUT2D eigenvalue weighted by Gasteiger charge is 2.03. The van der Waals surface area contributed by atoms with Gasteiger partial charge in [-0.25, -0.2) is 14.9 Å². The average molecular weight is 220 g/mol. The van der Waals surface area contributed by atoms with E-state index in [0.717, 1.165) is 11.4 Å². The normalized spacial score (nSPS) is 10.4. The van der Waals surface area contributed by atoms with Gasteiger partial charge in [0, 0.05) is 6.20 Å². The van der Waals surface area contributed by atoms with Gasteiger partial charge in [-0.05, 0) is 13.8 Å². The van der Waals surface area contributed by atoms with E-state index in [1.165, 1.54) is 0 Å². The first-order chi connectivity index (χ1) is 7.65. The molecule has 84 valence electrons. The fourth-order valence-corrected chi connectivity index (χ4v) is 1.26. The summed E-state index contributed by atoms with van der Waals surface area (Å²) in [6.45, 7) is 4.13. The molecule has 0 fully saturated rings. The summed E-state index contributed by atoms with van der Waals surface area (Å²) in [6, 6.07) is 0. The van der Waals surface area contributed by atoms with Crippen LogP contribution in [-0.2, 0) is 6.54 Å². The Hall–Kier alpha value is -2.18. The molecule has 7 nitrogen and oxygen atoms in total. The first kappa shape index (κ1) is 10.3. The number of anilines is 1. The van der Waals surface area contributed by atoms with Crippen LogP contribution in [0.15, 0.2) is 11.0 Å². The van der Waals surface area contributed by atoms with Crippen molar-refractivity contribution in [3.63, 3.8) is 0 Å². The highest BCUT2D eigenvalue weighted by atomic mass is 16.1. The summed E-state index contributed by atoms with van der Waals surface area (Å²) in [4.78, 5) is 21.8. The summed E-state index contributed by atoms with van der Waals surface area (Å²) < 4.78 is 0. The molecule has 16 heavy (non-hydrogen) atoms. The van der Waals surface area contributed by atoms with Crippen molar-refractivity contribution >= 4 is 5.82 Å². The number of nitrogens with zero attached hydrogens (tertiary/aromatic N) is 3. The van der Waals surface area contributed by atoms with Crippen molar-refractivity contribution in [2.24, 2.45) is 0 Å². The molecule has 0 spiro atoms. The van der Waals surface area contributed by atoms with Crippen LogP contribution in [0.3, 0.4) is 0 Å². The number of aromatic amines is 2. The second kappa shape index (κ2) is 4.13. The van der Waals surface area contributed by atoms with Gasteiger partial charge in [-0.15, -0.1) is 0 Å². The van der Waals surface area contributed by atoms with E-state index in [-0.39, 0.29) is 5.69 Å². The highest BCUT2D eigenvalue weighted by Crippen LogP contribution is 2.08. The van der Waals surface area contributed by atoms with Gasteiger partial charge >= 0.3 is 5.69 Å². The SMILES string of the molecule is Cc1cnc(C)c(NCc2n[nH]c(=O)[nH]2)n1. The number of aryl methyl sites for hydroxylation is 2. The van der Waals surface area contributed by atoms with E-state index in [1.807, 2.05) is 13.8 Å². The Morgan fingerprint density at radius 3 is 2.94 bits per heavy atom. The number of rotatable bonds is 3. The highest BCUT2D eigenvalue weighted by molar-refractivity contribution is 5.39. The third kappa shape index (κ3) is 2.25. The molecule has 0 radical (unpaired) electrons. The van der Waals surface area contributed by atoms with Gasteiger partial charge in [0.25, 0.3) is 0 Å². The zero-order valence-electron chi connectivity index (χ0n) is 9.03. The lowest BCUT2D eigenvalue weighted by Crippen LogP contribution is -2.07. The van der Waals surface area contributed by atoms with Gasteiger partial charge in [-0.3, -0.25) is 9.97 Å². The van der Waals surface area contributed by atoms with E-state index in [4.69, 9.17) is 0 Å². The van der Waals surface area contributed by atoms with Crippen molar-refractivity contribution < 1.29 is 0 Å². The molecule has 2 aromatic heterocycles. The topological polar surface area (TPSA) is 99.4 Å². The Bertz CT molecular complexity index is 543. The van der Waals surface area contributed by atoms with Gasteiger partial charge in [-0.2, -0.15) is 5.10 Å². The van der Waals surface area contributed by atoms with Crippen LogP contribution in [0.25, 0.3) is 0 Å². The van der Waals surface area contributed by atoms with Crippen molar-refractivity contribution in [3.05, 3.63) is 33.9 Å². The molecule has 2 aromatic rings. The largest absolute Gasteiger partial charge is 0.361 e. The number of aromatic nitrogens is 5. The van der Waals surface area contributed by atoms with Gasteiger partial charge in [0.05, 0.1) is 17.9 Å². The summed E-state index contributed by atoms with van der Waals surface area (Å²) in [5.41, 5.74) is 1.33. The first-order valence-corrected chi connectivity index (χ1v) is 4.83. The summed E-state index contributed by atoms with van der Waals surface area (Å²) >= 11 is 0. The van der Waals surface area contributed by atoms with Crippen molar-refractivity contribution in [2.45, 2.75) is 20.4 Å².